The average Bonchev–Trinajstić information content (AvgIpc) is 2.40. The van der Waals surface area contributed by atoms with Crippen LogP contribution in [-0.4, -0.2) is 35.0 Å². The summed E-state index contributed by atoms with van der Waals surface area (Å²) in [5.41, 5.74) is 7.16. The summed E-state index contributed by atoms with van der Waals surface area (Å²) < 4.78 is 0. The standard InChI is InChI=1S/C15H22N2O2/c1-10-5-6-14(18)12(8-10)15(19)17-7-3-4-11(2)13(17)9-16/h5-6,8,11,13,18H,3-4,7,9,16H2,1-2H3. The number of aromatic hydroxyl groups is 1. The van der Waals surface area contributed by atoms with Crippen LogP contribution in [0.3, 0.4) is 0 Å². The Kier molecular flexibility index (Phi) is 4.10. The molecule has 19 heavy (non-hydrogen) atoms. The molecule has 4 heteroatoms. The number of nitrogens with zero attached hydrogens (tertiary/aromatic N) is 1. The van der Waals surface area contributed by atoms with Crippen molar-refractivity contribution in [3.63, 3.8) is 0 Å². The third-order valence-corrected chi connectivity index (χ3v) is 4.00. The van der Waals surface area contributed by atoms with Gasteiger partial charge >= 0.3 is 0 Å². The second-order valence-electron chi connectivity index (χ2n) is 5.44. The molecule has 3 N–H and O–H groups in total. The van der Waals surface area contributed by atoms with Gasteiger partial charge in [-0.1, -0.05) is 18.6 Å². The van der Waals surface area contributed by atoms with E-state index in [1.54, 1.807) is 18.2 Å². The summed E-state index contributed by atoms with van der Waals surface area (Å²) in [6.45, 7) is 5.24. The van der Waals surface area contributed by atoms with Crippen LogP contribution >= 0.6 is 0 Å². The Bertz CT molecular complexity index is 473. The van der Waals surface area contributed by atoms with Crippen LogP contribution in [0.1, 0.15) is 35.7 Å². The van der Waals surface area contributed by atoms with Gasteiger partial charge in [-0.3, -0.25) is 4.79 Å². The molecule has 1 saturated heterocycles. The number of rotatable bonds is 2. The first-order valence-electron chi connectivity index (χ1n) is 6.85. The lowest BCUT2D eigenvalue weighted by Gasteiger charge is -2.39. The van der Waals surface area contributed by atoms with Crippen LogP contribution in [0.4, 0.5) is 0 Å². The van der Waals surface area contributed by atoms with Gasteiger partial charge in [0, 0.05) is 19.1 Å². The highest BCUT2D eigenvalue weighted by molar-refractivity contribution is 5.97. The lowest BCUT2D eigenvalue weighted by Crippen LogP contribution is -2.51. The molecule has 1 fully saturated rings. The first-order chi connectivity index (χ1) is 9.04. The van der Waals surface area contributed by atoms with E-state index in [2.05, 4.69) is 6.92 Å². The molecular formula is C15H22N2O2. The van der Waals surface area contributed by atoms with E-state index in [0.717, 1.165) is 24.9 Å². The van der Waals surface area contributed by atoms with Crippen molar-refractivity contribution in [2.45, 2.75) is 32.7 Å². The molecule has 104 valence electrons. The summed E-state index contributed by atoms with van der Waals surface area (Å²) in [6.07, 6.45) is 2.10. The van der Waals surface area contributed by atoms with Crippen molar-refractivity contribution in [3.8, 4) is 5.75 Å². The van der Waals surface area contributed by atoms with Gasteiger partial charge in [-0.25, -0.2) is 0 Å². The molecule has 2 unspecified atom stereocenters. The van der Waals surface area contributed by atoms with E-state index in [9.17, 15) is 9.90 Å². The molecule has 0 saturated carbocycles. The molecule has 0 aromatic heterocycles. The Balaban J connectivity index is 2.29. The zero-order valence-electron chi connectivity index (χ0n) is 11.6. The fraction of sp³-hybridized carbons (Fsp3) is 0.533. The molecular weight excluding hydrogens is 240 g/mol. The Hall–Kier alpha value is -1.55. The number of phenols is 1. The molecule has 1 aliphatic rings. The second-order valence-corrected chi connectivity index (χ2v) is 5.44. The number of likely N-dealkylation sites (tertiary alicyclic amines) is 1. The van der Waals surface area contributed by atoms with Crippen molar-refractivity contribution in [1.29, 1.82) is 0 Å². The Morgan fingerprint density at radius 1 is 1.53 bits per heavy atom. The van der Waals surface area contributed by atoms with E-state index in [0.29, 0.717) is 18.0 Å². The molecule has 0 radical (unpaired) electrons. The first-order valence-corrected chi connectivity index (χ1v) is 6.85. The van der Waals surface area contributed by atoms with Crippen LogP contribution < -0.4 is 5.73 Å². The van der Waals surface area contributed by atoms with Gasteiger partial charge in [-0.05, 0) is 37.8 Å². The average molecular weight is 262 g/mol. The van der Waals surface area contributed by atoms with Gasteiger partial charge in [-0.2, -0.15) is 0 Å². The van der Waals surface area contributed by atoms with Gasteiger partial charge < -0.3 is 15.7 Å². The van der Waals surface area contributed by atoms with Crippen molar-refractivity contribution in [3.05, 3.63) is 29.3 Å². The van der Waals surface area contributed by atoms with E-state index < -0.39 is 0 Å². The van der Waals surface area contributed by atoms with Gasteiger partial charge in [-0.15, -0.1) is 0 Å². The van der Waals surface area contributed by atoms with Crippen LogP contribution in [0.25, 0.3) is 0 Å². The van der Waals surface area contributed by atoms with Crippen LogP contribution in [0.2, 0.25) is 0 Å². The normalized spacial score (nSPS) is 23.4. The first kappa shape index (κ1) is 13.9. The number of benzene rings is 1. The van der Waals surface area contributed by atoms with E-state index in [-0.39, 0.29) is 17.7 Å². The van der Waals surface area contributed by atoms with E-state index in [4.69, 9.17) is 5.73 Å². The summed E-state index contributed by atoms with van der Waals surface area (Å²) in [4.78, 5) is 14.4. The number of phenolic OH excluding ortho intramolecular Hbond substituents is 1. The monoisotopic (exact) mass is 262 g/mol. The minimum atomic E-state index is -0.108. The molecule has 1 heterocycles. The van der Waals surface area contributed by atoms with Gasteiger partial charge in [0.05, 0.1) is 5.56 Å². The molecule has 4 nitrogen and oxygen atoms in total. The molecule has 2 rings (SSSR count). The van der Waals surface area contributed by atoms with Crippen LogP contribution in [0, 0.1) is 12.8 Å². The molecule has 1 amide bonds. The smallest absolute Gasteiger partial charge is 0.257 e. The fourth-order valence-corrected chi connectivity index (χ4v) is 2.84. The molecule has 2 atom stereocenters. The summed E-state index contributed by atoms with van der Waals surface area (Å²) in [6, 6.07) is 5.18. The summed E-state index contributed by atoms with van der Waals surface area (Å²) >= 11 is 0. The number of carbonyl (C=O) groups is 1. The zero-order valence-corrected chi connectivity index (χ0v) is 11.6. The maximum absolute atomic E-state index is 12.6. The fourth-order valence-electron chi connectivity index (χ4n) is 2.84. The molecule has 1 aliphatic heterocycles. The minimum Gasteiger partial charge on any atom is -0.507 e. The Morgan fingerprint density at radius 3 is 2.95 bits per heavy atom. The van der Waals surface area contributed by atoms with Gasteiger partial charge in [0.2, 0.25) is 0 Å². The predicted octanol–water partition coefficient (Wildman–Crippen LogP) is 1.90. The number of carbonyl (C=O) groups excluding carboxylic acids is 1. The van der Waals surface area contributed by atoms with E-state index >= 15 is 0 Å². The SMILES string of the molecule is Cc1ccc(O)c(C(=O)N2CCCC(C)C2CN)c1. The highest BCUT2D eigenvalue weighted by Crippen LogP contribution is 2.27. The topological polar surface area (TPSA) is 66.6 Å². The predicted molar refractivity (Wildman–Crippen MR) is 75.1 cm³/mol. The number of amides is 1. The Labute approximate surface area is 114 Å². The van der Waals surface area contributed by atoms with Crippen LogP contribution in [0.5, 0.6) is 5.75 Å². The van der Waals surface area contributed by atoms with Gasteiger partial charge in [0.15, 0.2) is 0 Å². The minimum absolute atomic E-state index is 0.0459. The second kappa shape index (κ2) is 5.61. The molecule has 1 aromatic rings. The molecule has 0 aliphatic carbocycles. The molecule has 0 spiro atoms. The van der Waals surface area contributed by atoms with Crippen LogP contribution in [0.15, 0.2) is 18.2 Å². The van der Waals surface area contributed by atoms with Gasteiger partial charge in [0.25, 0.3) is 5.91 Å². The highest BCUT2D eigenvalue weighted by atomic mass is 16.3. The van der Waals surface area contributed by atoms with Crippen molar-refractivity contribution >= 4 is 5.91 Å². The zero-order chi connectivity index (χ0) is 14.0. The van der Waals surface area contributed by atoms with Crippen molar-refractivity contribution < 1.29 is 9.90 Å². The lowest BCUT2D eigenvalue weighted by atomic mass is 9.90. The number of nitrogens with two attached hydrogens (primary N) is 1. The highest BCUT2D eigenvalue weighted by Gasteiger charge is 2.32. The van der Waals surface area contributed by atoms with Crippen LogP contribution in [-0.2, 0) is 0 Å². The van der Waals surface area contributed by atoms with Crippen molar-refractivity contribution in [1.82, 2.24) is 4.90 Å². The van der Waals surface area contributed by atoms with E-state index in [1.165, 1.54) is 0 Å². The lowest BCUT2D eigenvalue weighted by molar-refractivity contribution is 0.0529. The maximum Gasteiger partial charge on any atom is 0.257 e. The quantitative estimate of drug-likeness (QED) is 0.855. The van der Waals surface area contributed by atoms with E-state index in [1.807, 2.05) is 11.8 Å². The Morgan fingerprint density at radius 2 is 2.26 bits per heavy atom. The number of hydrogen-bond donors (Lipinski definition) is 2. The molecule has 1 aromatic carbocycles. The summed E-state index contributed by atoms with van der Waals surface area (Å²) in [7, 11) is 0. The summed E-state index contributed by atoms with van der Waals surface area (Å²) in [5, 5.41) is 9.88. The van der Waals surface area contributed by atoms with Crippen molar-refractivity contribution in [2.24, 2.45) is 11.7 Å². The van der Waals surface area contributed by atoms with Gasteiger partial charge in [0.1, 0.15) is 5.75 Å². The number of hydrogen-bond acceptors (Lipinski definition) is 3. The number of piperidine rings is 1. The number of aryl methyl sites for hydroxylation is 1. The van der Waals surface area contributed by atoms with Crippen molar-refractivity contribution in [2.75, 3.05) is 13.1 Å². The third kappa shape index (κ3) is 2.73. The largest absolute Gasteiger partial charge is 0.507 e. The molecule has 0 bridgehead atoms. The maximum atomic E-state index is 12.6. The summed E-state index contributed by atoms with van der Waals surface area (Å²) in [5.74, 6) is 0.349. The third-order valence-electron chi connectivity index (χ3n) is 4.00.